The number of nitrogens with one attached hydrogen (secondary N) is 2. The van der Waals surface area contributed by atoms with Crippen LogP contribution >= 0.6 is 11.6 Å². The number of carbonyl (C=O) groups is 2. The van der Waals surface area contributed by atoms with Gasteiger partial charge in [-0.25, -0.2) is 0 Å². The molecule has 2 aromatic carbocycles. The number of rotatable bonds is 6. The van der Waals surface area contributed by atoms with Gasteiger partial charge in [0, 0.05) is 16.8 Å². The van der Waals surface area contributed by atoms with Crippen molar-refractivity contribution >= 4 is 23.4 Å². The Labute approximate surface area is 167 Å². The quantitative estimate of drug-likeness (QED) is 0.625. The number of nitrogens with zero attached hydrogens (tertiary/aromatic N) is 2. The molecule has 3 rings (SSSR count). The first-order valence-electron chi connectivity index (χ1n) is 8.66. The normalized spacial score (nSPS) is 10.4. The lowest BCUT2D eigenvalue weighted by Crippen LogP contribution is -2.41. The number of amides is 2. The fourth-order valence-corrected chi connectivity index (χ4v) is 2.69. The molecule has 1 aromatic heterocycles. The van der Waals surface area contributed by atoms with E-state index in [1.807, 2.05) is 25.1 Å². The third-order valence-corrected chi connectivity index (χ3v) is 4.27. The van der Waals surface area contributed by atoms with Gasteiger partial charge >= 0.3 is 0 Å². The highest BCUT2D eigenvalue weighted by Crippen LogP contribution is 2.16. The van der Waals surface area contributed by atoms with Gasteiger partial charge in [-0.2, -0.15) is 5.10 Å². The van der Waals surface area contributed by atoms with E-state index >= 15 is 0 Å². The number of carbonyl (C=O) groups excluding carboxylic acids is 2. The van der Waals surface area contributed by atoms with Crippen LogP contribution in [0.4, 0.5) is 0 Å². The molecule has 0 saturated heterocycles. The van der Waals surface area contributed by atoms with E-state index in [4.69, 9.17) is 16.3 Å². The molecule has 3 aromatic rings. The Morgan fingerprint density at radius 3 is 2.39 bits per heavy atom. The topological polar surface area (TPSA) is 85.2 Å². The van der Waals surface area contributed by atoms with Crippen LogP contribution < -0.4 is 15.6 Å². The number of hydrogen-bond acceptors (Lipinski definition) is 4. The molecule has 0 fully saturated rings. The van der Waals surface area contributed by atoms with Gasteiger partial charge in [-0.15, -0.1) is 0 Å². The van der Waals surface area contributed by atoms with E-state index in [2.05, 4.69) is 16.0 Å². The molecular formula is C20H19ClN4O3. The molecule has 8 heteroatoms. The molecule has 2 N–H and O–H groups in total. The number of halogens is 1. The largest absolute Gasteiger partial charge is 0.494 e. The van der Waals surface area contributed by atoms with Gasteiger partial charge in [0.25, 0.3) is 11.8 Å². The number of hydrogen-bond donors (Lipinski definition) is 2. The van der Waals surface area contributed by atoms with E-state index in [9.17, 15) is 9.59 Å². The molecule has 0 radical (unpaired) electrons. The number of ether oxygens (including phenoxy) is 1. The average molecular weight is 399 g/mol. The third-order valence-electron chi connectivity index (χ3n) is 3.90. The van der Waals surface area contributed by atoms with Gasteiger partial charge in [-0.1, -0.05) is 29.8 Å². The van der Waals surface area contributed by atoms with Crippen molar-refractivity contribution in [3.05, 3.63) is 82.6 Å². The maximum atomic E-state index is 12.2. The van der Waals surface area contributed by atoms with E-state index in [0.717, 1.165) is 5.56 Å². The van der Waals surface area contributed by atoms with Gasteiger partial charge in [-0.3, -0.25) is 25.1 Å². The molecule has 2 amide bonds. The maximum Gasteiger partial charge on any atom is 0.272 e. The fraction of sp³-hybridized carbons (Fsp3) is 0.150. The molecular weight excluding hydrogens is 380 g/mol. The van der Waals surface area contributed by atoms with Crippen molar-refractivity contribution in [2.75, 3.05) is 6.61 Å². The van der Waals surface area contributed by atoms with E-state index < -0.39 is 11.8 Å². The Hall–Kier alpha value is -3.32. The van der Waals surface area contributed by atoms with Gasteiger partial charge in [0.05, 0.1) is 24.9 Å². The van der Waals surface area contributed by atoms with E-state index in [1.165, 1.54) is 6.20 Å². The zero-order chi connectivity index (χ0) is 19.9. The molecule has 28 heavy (non-hydrogen) atoms. The monoisotopic (exact) mass is 398 g/mol. The summed E-state index contributed by atoms with van der Waals surface area (Å²) in [6, 6.07) is 14.0. The van der Waals surface area contributed by atoms with Crippen molar-refractivity contribution in [1.82, 2.24) is 20.6 Å². The standard InChI is InChI=1S/C20H19ClN4O3/c1-2-28-17-9-7-14(8-10-17)19(26)23-24-20(27)16-11-22-25(13-16)12-15-5-3-4-6-18(15)21/h3-11,13H,2,12H2,1H3,(H,23,26)(H,24,27). The van der Waals surface area contributed by atoms with Crippen LogP contribution in [0.1, 0.15) is 33.2 Å². The summed E-state index contributed by atoms with van der Waals surface area (Å²) in [6.07, 6.45) is 3.01. The highest BCUT2D eigenvalue weighted by molar-refractivity contribution is 6.31. The molecule has 0 aliphatic carbocycles. The zero-order valence-electron chi connectivity index (χ0n) is 15.2. The highest BCUT2D eigenvalue weighted by atomic mass is 35.5. The fourth-order valence-electron chi connectivity index (χ4n) is 2.50. The van der Waals surface area contributed by atoms with Crippen molar-refractivity contribution in [3.63, 3.8) is 0 Å². The first-order valence-corrected chi connectivity index (χ1v) is 9.04. The van der Waals surface area contributed by atoms with Crippen molar-refractivity contribution in [2.45, 2.75) is 13.5 Å². The number of benzene rings is 2. The van der Waals surface area contributed by atoms with E-state index in [0.29, 0.717) is 35.1 Å². The van der Waals surface area contributed by atoms with Crippen molar-refractivity contribution in [2.24, 2.45) is 0 Å². The second kappa shape index (κ2) is 9.05. The van der Waals surface area contributed by atoms with Crippen LogP contribution in [0.3, 0.4) is 0 Å². The predicted octanol–water partition coefficient (Wildman–Crippen LogP) is 3.06. The molecule has 7 nitrogen and oxygen atoms in total. The second-order valence-electron chi connectivity index (χ2n) is 5.88. The Morgan fingerprint density at radius 1 is 1.04 bits per heavy atom. The summed E-state index contributed by atoms with van der Waals surface area (Å²) in [5, 5.41) is 4.79. The second-order valence-corrected chi connectivity index (χ2v) is 6.29. The Balaban J connectivity index is 1.55. The average Bonchev–Trinajstić information content (AvgIpc) is 3.17. The smallest absolute Gasteiger partial charge is 0.272 e. The van der Waals surface area contributed by atoms with Crippen molar-refractivity contribution in [1.29, 1.82) is 0 Å². The Morgan fingerprint density at radius 2 is 1.71 bits per heavy atom. The number of aromatic nitrogens is 2. The summed E-state index contributed by atoms with van der Waals surface area (Å²) >= 11 is 6.14. The first kappa shape index (κ1) is 19.4. The SMILES string of the molecule is CCOc1ccc(C(=O)NNC(=O)c2cnn(Cc3ccccc3Cl)c2)cc1. The minimum absolute atomic E-state index is 0.319. The third kappa shape index (κ3) is 4.89. The molecule has 0 aliphatic rings. The Kier molecular flexibility index (Phi) is 6.29. The Bertz CT molecular complexity index is 970. The maximum absolute atomic E-state index is 12.2. The van der Waals surface area contributed by atoms with Gasteiger partial charge in [0.15, 0.2) is 0 Å². The van der Waals surface area contributed by atoms with Crippen LogP contribution in [0.25, 0.3) is 0 Å². The minimum Gasteiger partial charge on any atom is -0.494 e. The summed E-state index contributed by atoms with van der Waals surface area (Å²) in [7, 11) is 0. The van der Waals surface area contributed by atoms with Gasteiger partial charge < -0.3 is 4.74 Å². The highest BCUT2D eigenvalue weighted by Gasteiger charge is 2.12. The summed E-state index contributed by atoms with van der Waals surface area (Å²) in [5.74, 6) is -0.224. The minimum atomic E-state index is -0.468. The van der Waals surface area contributed by atoms with Crippen LogP contribution in [-0.4, -0.2) is 28.2 Å². The predicted molar refractivity (Wildman–Crippen MR) is 105 cm³/mol. The molecule has 0 unspecified atom stereocenters. The van der Waals surface area contributed by atoms with Gasteiger partial charge in [-0.05, 0) is 42.8 Å². The lowest BCUT2D eigenvalue weighted by atomic mass is 10.2. The van der Waals surface area contributed by atoms with Crippen LogP contribution in [0.5, 0.6) is 5.75 Å². The summed E-state index contributed by atoms with van der Waals surface area (Å²) in [5.41, 5.74) is 6.37. The molecule has 144 valence electrons. The zero-order valence-corrected chi connectivity index (χ0v) is 15.9. The van der Waals surface area contributed by atoms with Gasteiger partial charge in [0.2, 0.25) is 0 Å². The molecule has 0 bridgehead atoms. The molecule has 0 saturated carbocycles. The van der Waals surface area contributed by atoms with E-state index in [1.54, 1.807) is 41.2 Å². The van der Waals surface area contributed by atoms with Crippen molar-refractivity contribution in [3.8, 4) is 5.75 Å². The van der Waals surface area contributed by atoms with Crippen molar-refractivity contribution < 1.29 is 14.3 Å². The number of hydrazine groups is 1. The van der Waals surface area contributed by atoms with Crippen LogP contribution in [0, 0.1) is 0 Å². The molecule has 1 heterocycles. The van der Waals surface area contributed by atoms with Crippen LogP contribution in [0.2, 0.25) is 5.02 Å². The molecule has 0 spiro atoms. The first-order chi connectivity index (χ1) is 13.6. The molecule has 0 atom stereocenters. The van der Waals surface area contributed by atoms with Crippen LogP contribution in [-0.2, 0) is 6.54 Å². The summed E-state index contributed by atoms with van der Waals surface area (Å²) in [6.45, 7) is 2.87. The summed E-state index contributed by atoms with van der Waals surface area (Å²) < 4.78 is 6.93. The lowest BCUT2D eigenvalue weighted by Gasteiger charge is -2.07. The van der Waals surface area contributed by atoms with Gasteiger partial charge in [0.1, 0.15) is 5.75 Å². The van der Waals surface area contributed by atoms with E-state index in [-0.39, 0.29) is 0 Å². The van der Waals surface area contributed by atoms with Crippen LogP contribution in [0.15, 0.2) is 60.9 Å². The lowest BCUT2D eigenvalue weighted by molar-refractivity contribution is 0.0846. The summed E-state index contributed by atoms with van der Waals surface area (Å²) in [4.78, 5) is 24.4. The molecule has 0 aliphatic heterocycles.